The number of carboxylic acid groups (broad SMARTS) is 1. The van der Waals surface area contributed by atoms with Crippen LogP contribution in [-0.2, 0) is 12.6 Å². The number of rotatable bonds is 6. The third kappa shape index (κ3) is 5.09. The zero-order valence-electron chi connectivity index (χ0n) is 19.5. The Morgan fingerprint density at radius 3 is 2.51 bits per heavy atom. The predicted molar refractivity (Wildman–Crippen MR) is 126 cm³/mol. The fraction of sp³-hybridized carbons (Fsp3) is 0.240. The molecule has 2 aromatic carbocycles. The second-order valence-corrected chi connectivity index (χ2v) is 8.24. The average Bonchev–Trinajstić information content (AvgIpc) is 3.28. The number of fused-ring (bicyclic) bond motifs is 1. The molecule has 0 saturated heterocycles. The molecule has 1 aliphatic rings. The molecule has 0 spiro atoms. The number of halogens is 3. The van der Waals surface area contributed by atoms with Crippen LogP contribution >= 0.6 is 0 Å². The van der Waals surface area contributed by atoms with Gasteiger partial charge in [0.15, 0.2) is 5.82 Å². The lowest BCUT2D eigenvalue weighted by Gasteiger charge is -2.34. The Hall–Kier alpha value is -4.84. The molecule has 1 aromatic heterocycles. The highest BCUT2D eigenvalue weighted by molar-refractivity contribution is 5.69. The minimum atomic E-state index is -4.57. The number of aromatic nitrogens is 3. The lowest BCUT2D eigenvalue weighted by Crippen LogP contribution is -2.31. The van der Waals surface area contributed by atoms with E-state index in [1.165, 1.54) is 21.7 Å². The zero-order chi connectivity index (χ0) is 26.7. The summed E-state index contributed by atoms with van der Waals surface area (Å²) in [5.74, 6) is 0.552. The molecule has 1 amide bonds. The summed E-state index contributed by atoms with van der Waals surface area (Å²) in [5, 5.41) is 34.9. The average molecular weight is 507 g/mol. The number of hydrogen-bond donors (Lipinski definition) is 2. The highest BCUT2D eigenvalue weighted by Gasteiger charge is 2.37. The second kappa shape index (κ2) is 10.0. The van der Waals surface area contributed by atoms with Gasteiger partial charge >= 0.3 is 12.3 Å². The van der Waals surface area contributed by atoms with Crippen molar-refractivity contribution in [2.24, 2.45) is 0 Å². The Morgan fingerprint density at radius 2 is 1.89 bits per heavy atom. The van der Waals surface area contributed by atoms with Crippen molar-refractivity contribution >= 4 is 17.7 Å². The Labute approximate surface area is 209 Å². The van der Waals surface area contributed by atoms with Crippen LogP contribution in [0.15, 0.2) is 59.8 Å². The number of amides is 1. The molecular formula is C25H20F3N7O2. The normalized spacial score (nSPS) is 15.1. The van der Waals surface area contributed by atoms with Crippen LogP contribution in [0.25, 0.3) is 0 Å². The lowest BCUT2D eigenvalue weighted by molar-refractivity contribution is -0.137. The van der Waals surface area contributed by atoms with E-state index in [4.69, 9.17) is 10.4 Å². The molecule has 9 nitrogen and oxygen atoms in total. The van der Waals surface area contributed by atoms with Gasteiger partial charge in [-0.3, -0.25) is 4.90 Å². The Kier molecular flexibility index (Phi) is 6.85. The first-order valence-electron chi connectivity index (χ1n) is 11.1. The molecule has 4 rings (SSSR count). The quantitative estimate of drug-likeness (QED) is 0.454. The molecule has 0 bridgehead atoms. The molecule has 12 heteroatoms. The molecule has 188 valence electrons. The molecule has 1 aliphatic heterocycles. The van der Waals surface area contributed by atoms with Gasteiger partial charge in [-0.1, -0.05) is 18.2 Å². The van der Waals surface area contributed by atoms with Crippen molar-refractivity contribution in [1.29, 1.82) is 10.5 Å². The zero-order valence-corrected chi connectivity index (χ0v) is 19.5. The highest BCUT2D eigenvalue weighted by Crippen LogP contribution is 2.43. The number of aryl methyl sites for hydroxylation is 1. The highest BCUT2D eigenvalue weighted by atomic mass is 19.4. The minimum absolute atomic E-state index is 0.158. The van der Waals surface area contributed by atoms with Crippen molar-refractivity contribution < 1.29 is 23.1 Å². The molecule has 2 heterocycles. The van der Waals surface area contributed by atoms with E-state index in [0.29, 0.717) is 29.1 Å². The fourth-order valence-corrected chi connectivity index (χ4v) is 4.14. The predicted octanol–water partition coefficient (Wildman–Crippen LogP) is 4.91. The van der Waals surface area contributed by atoms with Crippen LogP contribution in [0, 0.1) is 22.7 Å². The van der Waals surface area contributed by atoms with Crippen LogP contribution in [0.2, 0.25) is 0 Å². The summed E-state index contributed by atoms with van der Waals surface area (Å²) in [6.07, 6.45) is -5.05. The summed E-state index contributed by atoms with van der Waals surface area (Å²) >= 11 is 0. The molecule has 1 atom stereocenters. The van der Waals surface area contributed by atoms with Crippen molar-refractivity contribution in [3.05, 3.63) is 82.3 Å². The number of hydrogen-bond acceptors (Lipinski definition) is 6. The van der Waals surface area contributed by atoms with Crippen molar-refractivity contribution in [1.82, 2.24) is 20.1 Å². The van der Waals surface area contributed by atoms with E-state index >= 15 is 0 Å². The van der Waals surface area contributed by atoms with Crippen LogP contribution in [0.1, 0.15) is 41.9 Å². The van der Waals surface area contributed by atoms with Crippen molar-refractivity contribution in [2.45, 2.75) is 32.0 Å². The van der Waals surface area contributed by atoms with Gasteiger partial charge in [-0.05, 0) is 49.2 Å². The van der Waals surface area contributed by atoms with E-state index < -0.39 is 23.9 Å². The molecule has 0 aliphatic carbocycles. The van der Waals surface area contributed by atoms with Crippen LogP contribution in [0.5, 0.6) is 0 Å². The van der Waals surface area contributed by atoms with Gasteiger partial charge in [0, 0.05) is 24.4 Å². The molecule has 0 unspecified atom stereocenters. The fourth-order valence-electron chi connectivity index (χ4n) is 4.14. The molecule has 0 fully saturated rings. The van der Waals surface area contributed by atoms with E-state index in [0.717, 1.165) is 12.1 Å². The van der Waals surface area contributed by atoms with Crippen LogP contribution in [-0.4, -0.2) is 32.5 Å². The third-order valence-corrected chi connectivity index (χ3v) is 5.86. The number of nitrogens with zero attached hydrogens (tertiary/aromatic N) is 6. The minimum Gasteiger partial charge on any atom is -0.465 e. The number of nitrogens with one attached hydrogen (secondary N) is 1. The van der Waals surface area contributed by atoms with Crippen molar-refractivity contribution in [3.63, 3.8) is 0 Å². The second-order valence-electron chi connectivity index (χ2n) is 8.24. The number of nitriles is 2. The standard InChI is InChI=1S/C25H20F3N7O2/c1-15-20(14-30)22(17-9-7-16(13-29)8-10-17)35-23(32-21(33-35)6-3-11-31-24(36)37)34(15)19-5-2-4-18(12-19)25(26,27)28/h2,4-5,7-10,12,22,31H,3,6,11H2,1H3,(H,36,37)/t22-/m1/s1. The van der Waals surface area contributed by atoms with Gasteiger partial charge in [0.2, 0.25) is 5.95 Å². The first kappa shape index (κ1) is 25.3. The van der Waals surface area contributed by atoms with E-state index in [2.05, 4.69) is 21.5 Å². The number of alkyl halides is 3. The first-order valence-corrected chi connectivity index (χ1v) is 11.1. The van der Waals surface area contributed by atoms with Crippen molar-refractivity contribution in [3.8, 4) is 12.1 Å². The SMILES string of the molecule is CC1=C(C#N)[C@@H](c2ccc(C#N)cc2)n2nc(CCCNC(=O)O)nc2N1c1cccc(C(F)(F)F)c1. The summed E-state index contributed by atoms with van der Waals surface area (Å²) < 4.78 is 41.9. The van der Waals surface area contributed by atoms with Gasteiger partial charge in [0.25, 0.3) is 0 Å². The van der Waals surface area contributed by atoms with E-state index in [9.17, 15) is 23.2 Å². The topological polar surface area (TPSA) is 131 Å². The molecule has 2 N–H and O–H groups in total. The maximum atomic E-state index is 13.5. The van der Waals surface area contributed by atoms with Crippen molar-refractivity contribution in [2.75, 3.05) is 11.4 Å². The van der Waals surface area contributed by atoms with E-state index in [1.54, 1.807) is 31.2 Å². The summed E-state index contributed by atoms with van der Waals surface area (Å²) in [6.45, 7) is 1.79. The number of carbonyl (C=O) groups is 1. The largest absolute Gasteiger partial charge is 0.465 e. The lowest BCUT2D eigenvalue weighted by atomic mass is 9.95. The van der Waals surface area contributed by atoms with Crippen LogP contribution < -0.4 is 10.2 Å². The molecule has 37 heavy (non-hydrogen) atoms. The van der Waals surface area contributed by atoms with Gasteiger partial charge in [-0.25, -0.2) is 9.48 Å². The molecule has 0 saturated carbocycles. The maximum Gasteiger partial charge on any atom is 0.416 e. The van der Waals surface area contributed by atoms with E-state index in [-0.39, 0.29) is 30.2 Å². The van der Waals surface area contributed by atoms with E-state index in [1.807, 2.05) is 6.07 Å². The van der Waals surface area contributed by atoms with Gasteiger partial charge in [-0.2, -0.15) is 33.8 Å². The Morgan fingerprint density at radius 1 is 1.16 bits per heavy atom. The monoisotopic (exact) mass is 507 g/mol. The Balaban J connectivity index is 1.84. The van der Waals surface area contributed by atoms with Gasteiger partial charge in [-0.15, -0.1) is 0 Å². The van der Waals surface area contributed by atoms with Gasteiger partial charge in [0.05, 0.1) is 28.8 Å². The first-order chi connectivity index (χ1) is 17.6. The smallest absolute Gasteiger partial charge is 0.416 e. The summed E-state index contributed by atoms with van der Waals surface area (Å²) in [5.41, 5.74) is 1.01. The summed E-state index contributed by atoms with van der Waals surface area (Å²) in [6, 6.07) is 14.8. The summed E-state index contributed by atoms with van der Waals surface area (Å²) in [4.78, 5) is 16.8. The Bertz CT molecular complexity index is 1450. The van der Waals surface area contributed by atoms with Crippen LogP contribution in [0.3, 0.4) is 0 Å². The molecule has 0 radical (unpaired) electrons. The van der Waals surface area contributed by atoms with Gasteiger partial charge in [0.1, 0.15) is 6.04 Å². The number of anilines is 2. The maximum absolute atomic E-state index is 13.5. The summed E-state index contributed by atoms with van der Waals surface area (Å²) in [7, 11) is 0. The third-order valence-electron chi connectivity index (χ3n) is 5.86. The number of benzene rings is 2. The van der Waals surface area contributed by atoms with Gasteiger partial charge < -0.3 is 10.4 Å². The van der Waals surface area contributed by atoms with Crippen LogP contribution in [0.4, 0.5) is 29.6 Å². The molecule has 3 aromatic rings. The molecular weight excluding hydrogens is 487 g/mol. The number of allylic oxidation sites excluding steroid dienone is 2.